The lowest BCUT2D eigenvalue weighted by Crippen LogP contribution is -2.36. The van der Waals surface area contributed by atoms with Crippen LogP contribution in [0, 0.1) is 5.41 Å². The molecule has 0 aromatic heterocycles. The quantitative estimate of drug-likeness (QED) is 0.478. The third-order valence-electron chi connectivity index (χ3n) is 2.59. The van der Waals surface area contributed by atoms with Crippen molar-refractivity contribution >= 4 is 0 Å². The van der Waals surface area contributed by atoms with Crippen molar-refractivity contribution in [2.75, 3.05) is 39.6 Å². The van der Waals surface area contributed by atoms with E-state index in [2.05, 4.69) is 6.92 Å². The second kappa shape index (κ2) is 32.7. The van der Waals surface area contributed by atoms with Gasteiger partial charge in [-0.05, 0) is 27.2 Å². The Hall–Kier alpha value is -0.120. The van der Waals surface area contributed by atoms with Crippen LogP contribution in [0.5, 0.6) is 0 Å². The summed E-state index contributed by atoms with van der Waals surface area (Å²) in [5, 5.41) is 0. The van der Waals surface area contributed by atoms with E-state index in [-0.39, 0.29) is 12.8 Å². The monoisotopic (exact) mass is 324 g/mol. The first-order valence-corrected chi connectivity index (χ1v) is 8.97. The Kier molecular flexibility index (Phi) is 49.8. The first kappa shape index (κ1) is 33.5. The normalized spacial score (nSPS) is 9.00. The summed E-state index contributed by atoms with van der Waals surface area (Å²) >= 11 is 0. The van der Waals surface area contributed by atoms with Gasteiger partial charge in [-0.3, -0.25) is 0 Å². The SMILES string of the molecule is C.CC.CC.CC.CCOCC(CC)(COCC)COCC. The minimum atomic E-state index is 0. The molecule has 0 aliphatic heterocycles. The zero-order valence-corrected chi connectivity index (χ0v) is 16.7. The van der Waals surface area contributed by atoms with Gasteiger partial charge in [0, 0.05) is 25.2 Å². The van der Waals surface area contributed by atoms with Crippen LogP contribution >= 0.6 is 0 Å². The van der Waals surface area contributed by atoms with Crippen LogP contribution in [-0.4, -0.2) is 39.6 Å². The molecule has 0 rings (SSSR count). The fourth-order valence-corrected chi connectivity index (χ4v) is 1.39. The molecule has 0 atom stereocenters. The average molecular weight is 325 g/mol. The molecule has 0 bridgehead atoms. The molecule has 0 saturated carbocycles. The number of rotatable bonds is 10. The van der Waals surface area contributed by atoms with Crippen LogP contribution in [0.25, 0.3) is 0 Å². The summed E-state index contributed by atoms with van der Waals surface area (Å²) in [6, 6.07) is 0. The minimum absolute atomic E-state index is 0. The molecule has 0 aliphatic carbocycles. The second-order valence-corrected chi connectivity index (χ2v) is 3.76. The van der Waals surface area contributed by atoms with Crippen molar-refractivity contribution in [3.8, 4) is 0 Å². The molecule has 0 N–H and O–H groups in total. The smallest absolute Gasteiger partial charge is 0.0566 e. The van der Waals surface area contributed by atoms with Gasteiger partial charge < -0.3 is 14.2 Å². The van der Waals surface area contributed by atoms with Crippen molar-refractivity contribution in [1.82, 2.24) is 0 Å². The number of hydrogen-bond donors (Lipinski definition) is 0. The van der Waals surface area contributed by atoms with Gasteiger partial charge in [0.15, 0.2) is 0 Å². The van der Waals surface area contributed by atoms with Gasteiger partial charge >= 0.3 is 0 Å². The summed E-state index contributed by atoms with van der Waals surface area (Å²) in [7, 11) is 0. The Morgan fingerprint density at radius 1 is 0.545 bits per heavy atom. The highest BCUT2D eigenvalue weighted by Gasteiger charge is 2.29. The van der Waals surface area contributed by atoms with Crippen molar-refractivity contribution in [3.05, 3.63) is 0 Å². The van der Waals surface area contributed by atoms with Gasteiger partial charge in [-0.15, -0.1) is 0 Å². The van der Waals surface area contributed by atoms with Crippen LogP contribution in [-0.2, 0) is 14.2 Å². The fourth-order valence-electron chi connectivity index (χ4n) is 1.39. The van der Waals surface area contributed by atoms with E-state index in [1.807, 2.05) is 62.3 Å². The Labute approximate surface area is 143 Å². The minimum Gasteiger partial charge on any atom is -0.381 e. The van der Waals surface area contributed by atoms with Gasteiger partial charge in [0.05, 0.1) is 19.8 Å². The topological polar surface area (TPSA) is 27.7 Å². The molecular formula is C19H48O3. The first-order valence-electron chi connectivity index (χ1n) is 8.97. The third-order valence-corrected chi connectivity index (χ3v) is 2.59. The molecule has 0 aromatic carbocycles. The summed E-state index contributed by atoms with van der Waals surface area (Å²) in [6.45, 7) is 24.6. The summed E-state index contributed by atoms with van der Waals surface area (Å²) in [5.41, 5.74) is 0.0298. The molecule has 22 heavy (non-hydrogen) atoms. The molecule has 0 heterocycles. The second-order valence-electron chi connectivity index (χ2n) is 3.76. The molecule has 0 spiro atoms. The molecule has 0 fully saturated rings. The van der Waals surface area contributed by atoms with Gasteiger partial charge in [0.1, 0.15) is 0 Å². The van der Waals surface area contributed by atoms with Crippen molar-refractivity contribution in [2.24, 2.45) is 5.41 Å². The van der Waals surface area contributed by atoms with Crippen molar-refractivity contribution in [1.29, 1.82) is 0 Å². The lowest BCUT2D eigenvalue weighted by atomic mass is 9.88. The van der Waals surface area contributed by atoms with Gasteiger partial charge in [-0.2, -0.15) is 0 Å². The number of hydrogen-bond acceptors (Lipinski definition) is 3. The predicted molar refractivity (Wildman–Crippen MR) is 103 cm³/mol. The standard InChI is InChI=1S/C12H26O3.3C2H6.CH4/c1-5-12(9-13-6-2,10-14-7-3)11-15-8-4;3*1-2;/h5-11H2,1-4H3;3*1-2H3;1H4. The summed E-state index contributed by atoms with van der Waals surface area (Å²) in [5.74, 6) is 0. The van der Waals surface area contributed by atoms with Gasteiger partial charge in [-0.25, -0.2) is 0 Å². The van der Waals surface area contributed by atoms with E-state index in [9.17, 15) is 0 Å². The summed E-state index contributed by atoms with van der Waals surface area (Å²) in [4.78, 5) is 0. The Morgan fingerprint density at radius 3 is 0.909 bits per heavy atom. The summed E-state index contributed by atoms with van der Waals surface area (Å²) < 4.78 is 16.6. The van der Waals surface area contributed by atoms with Gasteiger partial charge in [-0.1, -0.05) is 55.9 Å². The molecule has 3 heteroatoms. The Bertz CT molecular complexity index is 117. The molecule has 0 aromatic rings. The van der Waals surface area contributed by atoms with Crippen LogP contribution in [0.3, 0.4) is 0 Å². The van der Waals surface area contributed by atoms with Gasteiger partial charge in [0.25, 0.3) is 0 Å². The molecule has 0 amide bonds. The van der Waals surface area contributed by atoms with Gasteiger partial charge in [0.2, 0.25) is 0 Å². The van der Waals surface area contributed by atoms with E-state index in [0.29, 0.717) is 0 Å². The molecule has 3 nitrogen and oxygen atoms in total. The van der Waals surface area contributed by atoms with E-state index >= 15 is 0 Å². The first-order chi connectivity index (χ1) is 10.2. The largest absolute Gasteiger partial charge is 0.381 e. The lowest BCUT2D eigenvalue weighted by Gasteiger charge is -2.31. The van der Waals surface area contributed by atoms with Crippen molar-refractivity contribution in [2.45, 2.75) is 83.1 Å². The van der Waals surface area contributed by atoms with E-state index < -0.39 is 0 Å². The molecule has 142 valence electrons. The van der Waals surface area contributed by atoms with Crippen molar-refractivity contribution in [3.63, 3.8) is 0 Å². The predicted octanol–water partition coefficient (Wildman–Crippen LogP) is 6.21. The third kappa shape index (κ3) is 22.2. The average Bonchev–Trinajstić information content (AvgIpc) is 2.60. The highest BCUT2D eigenvalue weighted by Crippen LogP contribution is 2.23. The maximum Gasteiger partial charge on any atom is 0.0566 e. The molecular weight excluding hydrogens is 276 g/mol. The van der Waals surface area contributed by atoms with Crippen LogP contribution in [0.15, 0.2) is 0 Å². The molecule has 0 radical (unpaired) electrons. The lowest BCUT2D eigenvalue weighted by molar-refractivity contribution is -0.0658. The Balaban J connectivity index is -0.000000122. The highest BCUT2D eigenvalue weighted by atomic mass is 16.5. The van der Waals surface area contributed by atoms with Crippen LogP contribution in [0.2, 0.25) is 0 Å². The zero-order chi connectivity index (χ0) is 17.6. The zero-order valence-electron chi connectivity index (χ0n) is 16.7. The van der Waals surface area contributed by atoms with Crippen LogP contribution < -0.4 is 0 Å². The fraction of sp³-hybridized carbons (Fsp3) is 1.00. The maximum absolute atomic E-state index is 5.52. The van der Waals surface area contributed by atoms with Crippen molar-refractivity contribution < 1.29 is 14.2 Å². The van der Waals surface area contributed by atoms with E-state index in [1.165, 1.54) is 0 Å². The molecule has 0 saturated heterocycles. The highest BCUT2D eigenvalue weighted by molar-refractivity contribution is 4.77. The molecule has 0 unspecified atom stereocenters. The maximum atomic E-state index is 5.52. The number of ether oxygens (including phenoxy) is 3. The van der Waals surface area contributed by atoms with Crippen LogP contribution in [0.4, 0.5) is 0 Å². The Morgan fingerprint density at radius 2 is 0.773 bits per heavy atom. The van der Waals surface area contributed by atoms with E-state index in [4.69, 9.17) is 14.2 Å². The van der Waals surface area contributed by atoms with Crippen LogP contribution in [0.1, 0.15) is 83.1 Å². The van der Waals surface area contributed by atoms with E-state index in [1.54, 1.807) is 0 Å². The summed E-state index contributed by atoms with van der Waals surface area (Å²) in [6.07, 6.45) is 1.02. The molecule has 0 aliphatic rings. The van der Waals surface area contributed by atoms with E-state index in [0.717, 1.165) is 46.1 Å².